The van der Waals surface area contributed by atoms with Gasteiger partial charge in [-0.15, -0.1) is 0 Å². The molecule has 3 aromatic rings. The highest BCUT2D eigenvalue weighted by atomic mass is 19.1. The van der Waals surface area contributed by atoms with E-state index in [1.807, 2.05) is 12.1 Å². The number of amides is 1. The molecule has 0 spiro atoms. The zero-order valence-electron chi connectivity index (χ0n) is 14.7. The second-order valence-electron chi connectivity index (χ2n) is 6.33. The van der Waals surface area contributed by atoms with E-state index in [-0.39, 0.29) is 24.3 Å². The molecule has 6 nitrogen and oxygen atoms in total. The average Bonchev–Trinajstić information content (AvgIpc) is 3.41. The molecule has 1 aromatic carbocycles. The van der Waals surface area contributed by atoms with E-state index in [0.29, 0.717) is 23.7 Å². The fourth-order valence-corrected chi connectivity index (χ4v) is 3.10. The fourth-order valence-electron chi connectivity index (χ4n) is 3.10. The van der Waals surface area contributed by atoms with E-state index in [4.69, 9.17) is 8.83 Å². The van der Waals surface area contributed by atoms with Crippen LogP contribution in [0.3, 0.4) is 0 Å². The van der Waals surface area contributed by atoms with Crippen LogP contribution in [-0.2, 0) is 4.79 Å². The Morgan fingerprint density at radius 2 is 1.93 bits per heavy atom. The van der Waals surface area contributed by atoms with Crippen molar-refractivity contribution in [2.75, 3.05) is 18.5 Å². The molecule has 1 aliphatic rings. The lowest BCUT2D eigenvalue weighted by Gasteiger charge is -2.24. The molecule has 7 heteroatoms. The van der Waals surface area contributed by atoms with E-state index in [2.05, 4.69) is 5.10 Å². The Labute approximate surface area is 155 Å². The summed E-state index contributed by atoms with van der Waals surface area (Å²) in [6.45, 7) is 0.0950. The molecule has 0 aliphatic carbocycles. The Morgan fingerprint density at radius 1 is 1.19 bits per heavy atom. The van der Waals surface area contributed by atoms with Crippen LogP contribution in [0.1, 0.15) is 24.0 Å². The van der Waals surface area contributed by atoms with Gasteiger partial charge in [0, 0.05) is 19.2 Å². The Bertz CT molecular complexity index is 934. The molecular weight excluding hydrogens is 349 g/mol. The van der Waals surface area contributed by atoms with E-state index in [9.17, 15) is 9.18 Å². The number of benzene rings is 1. The molecule has 2 aromatic heterocycles. The summed E-state index contributed by atoms with van der Waals surface area (Å²) in [4.78, 5) is 14.7. The number of anilines is 1. The van der Waals surface area contributed by atoms with Crippen molar-refractivity contribution in [2.24, 2.45) is 5.10 Å². The summed E-state index contributed by atoms with van der Waals surface area (Å²) in [6.07, 6.45) is 3.66. The number of hydrazone groups is 1. The van der Waals surface area contributed by atoms with Crippen LogP contribution in [0.5, 0.6) is 0 Å². The molecule has 1 atom stereocenters. The molecule has 0 bridgehead atoms. The minimum absolute atomic E-state index is 0.0950. The highest BCUT2D eigenvalue weighted by Gasteiger charge is 2.35. The molecule has 1 amide bonds. The average molecular weight is 367 g/mol. The summed E-state index contributed by atoms with van der Waals surface area (Å²) in [5, 5.41) is 5.93. The van der Waals surface area contributed by atoms with E-state index in [1.54, 1.807) is 48.7 Å². The maximum atomic E-state index is 13.1. The second kappa shape index (κ2) is 7.11. The zero-order valence-corrected chi connectivity index (χ0v) is 14.7. The van der Waals surface area contributed by atoms with Crippen molar-refractivity contribution in [1.29, 1.82) is 0 Å². The number of halogens is 1. The van der Waals surface area contributed by atoms with Crippen molar-refractivity contribution in [3.8, 4) is 0 Å². The Balaban J connectivity index is 1.56. The van der Waals surface area contributed by atoms with Gasteiger partial charge in [-0.1, -0.05) is 0 Å². The first-order valence-corrected chi connectivity index (χ1v) is 8.55. The molecule has 0 radical (unpaired) electrons. The van der Waals surface area contributed by atoms with E-state index >= 15 is 0 Å². The number of furan rings is 2. The van der Waals surface area contributed by atoms with Crippen LogP contribution in [0.2, 0.25) is 0 Å². The monoisotopic (exact) mass is 367 g/mol. The van der Waals surface area contributed by atoms with E-state index in [1.165, 1.54) is 17.1 Å². The molecule has 0 unspecified atom stereocenters. The topological polar surface area (TPSA) is 62.2 Å². The van der Waals surface area contributed by atoms with Gasteiger partial charge in [-0.25, -0.2) is 9.40 Å². The Hall–Kier alpha value is -3.35. The van der Waals surface area contributed by atoms with Crippen molar-refractivity contribution in [2.45, 2.75) is 12.5 Å². The lowest BCUT2D eigenvalue weighted by atomic mass is 10.1. The van der Waals surface area contributed by atoms with Crippen molar-refractivity contribution >= 4 is 17.3 Å². The number of hydrogen-bond donors (Lipinski definition) is 0. The minimum Gasteiger partial charge on any atom is -0.467 e. The maximum absolute atomic E-state index is 13.1. The van der Waals surface area contributed by atoms with Crippen molar-refractivity contribution in [1.82, 2.24) is 5.01 Å². The molecule has 0 saturated heterocycles. The van der Waals surface area contributed by atoms with Crippen LogP contribution in [0.15, 0.2) is 75.0 Å². The van der Waals surface area contributed by atoms with Gasteiger partial charge >= 0.3 is 0 Å². The van der Waals surface area contributed by atoms with Gasteiger partial charge in [0.05, 0.1) is 19.1 Å². The van der Waals surface area contributed by atoms with Crippen LogP contribution in [0.4, 0.5) is 10.1 Å². The summed E-state index contributed by atoms with van der Waals surface area (Å²) in [5.74, 6) is 0.792. The number of hydrogen-bond acceptors (Lipinski definition) is 5. The summed E-state index contributed by atoms with van der Waals surface area (Å²) in [5.41, 5.74) is 1.44. The predicted octanol–water partition coefficient (Wildman–Crippen LogP) is 3.83. The zero-order chi connectivity index (χ0) is 18.8. The van der Waals surface area contributed by atoms with Gasteiger partial charge in [-0.2, -0.15) is 5.10 Å². The van der Waals surface area contributed by atoms with Crippen LogP contribution < -0.4 is 4.90 Å². The van der Waals surface area contributed by atoms with Gasteiger partial charge in [0.15, 0.2) is 0 Å². The highest BCUT2D eigenvalue weighted by Crippen LogP contribution is 2.33. The molecule has 0 fully saturated rings. The molecule has 1 aliphatic heterocycles. The van der Waals surface area contributed by atoms with Crippen molar-refractivity contribution in [3.05, 3.63) is 78.4 Å². The van der Waals surface area contributed by atoms with Gasteiger partial charge in [0.1, 0.15) is 29.1 Å². The third kappa shape index (κ3) is 3.48. The molecule has 0 saturated carbocycles. The lowest BCUT2D eigenvalue weighted by Crippen LogP contribution is -2.36. The smallest absolute Gasteiger partial charge is 0.262 e. The number of carbonyl (C=O) groups excluding carboxylic acids is 1. The normalized spacial score (nSPS) is 16.4. The minimum atomic E-state index is -0.325. The quantitative estimate of drug-likeness (QED) is 0.688. The first-order chi connectivity index (χ1) is 13.1. The van der Waals surface area contributed by atoms with Crippen LogP contribution in [0, 0.1) is 5.82 Å². The van der Waals surface area contributed by atoms with Crippen molar-refractivity contribution in [3.63, 3.8) is 0 Å². The Kier molecular flexibility index (Phi) is 4.50. The lowest BCUT2D eigenvalue weighted by molar-refractivity contribution is -0.131. The van der Waals surface area contributed by atoms with Gasteiger partial charge in [-0.3, -0.25) is 4.79 Å². The fraction of sp³-hybridized carbons (Fsp3) is 0.200. The number of likely N-dealkylation sites (N-methyl/N-ethyl adjacent to an activating group) is 1. The van der Waals surface area contributed by atoms with Gasteiger partial charge in [0.25, 0.3) is 5.91 Å². The third-order valence-electron chi connectivity index (χ3n) is 4.48. The largest absolute Gasteiger partial charge is 0.467 e. The molecule has 0 N–H and O–H groups in total. The van der Waals surface area contributed by atoms with E-state index in [0.717, 1.165) is 5.69 Å². The third-order valence-corrected chi connectivity index (χ3v) is 4.48. The highest BCUT2D eigenvalue weighted by molar-refractivity contribution is 6.01. The van der Waals surface area contributed by atoms with Crippen LogP contribution in [0.25, 0.3) is 0 Å². The summed E-state index contributed by atoms with van der Waals surface area (Å²) < 4.78 is 24.1. The van der Waals surface area contributed by atoms with Gasteiger partial charge < -0.3 is 13.7 Å². The molecule has 27 heavy (non-hydrogen) atoms. The van der Waals surface area contributed by atoms with Gasteiger partial charge in [-0.05, 0) is 48.5 Å². The van der Waals surface area contributed by atoms with Gasteiger partial charge in [0.2, 0.25) is 0 Å². The summed E-state index contributed by atoms with van der Waals surface area (Å²) in [7, 11) is 1.78. The number of nitrogens with zero attached hydrogens (tertiary/aromatic N) is 3. The molecule has 4 rings (SSSR count). The second-order valence-corrected chi connectivity index (χ2v) is 6.33. The molecule has 138 valence electrons. The summed E-state index contributed by atoms with van der Waals surface area (Å²) >= 11 is 0. The maximum Gasteiger partial charge on any atom is 0.262 e. The Morgan fingerprint density at radius 3 is 2.59 bits per heavy atom. The number of rotatable bonds is 5. The standard InChI is InChI=1S/C20H18FN3O3/c1-23(15-8-6-14(21)7-9-15)13-20(25)24-17(19-5-3-11-27-19)12-16(22-24)18-4-2-10-26-18/h2-11,17H,12-13H2,1H3/t17-/m0/s1. The molecule has 3 heterocycles. The predicted molar refractivity (Wildman–Crippen MR) is 97.8 cm³/mol. The molecular formula is C20H18FN3O3. The van der Waals surface area contributed by atoms with Crippen LogP contribution in [-0.4, -0.2) is 30.2 Å². The van der Waals surface area contributed by atoms with Crippen molar-refractivity contribution < 1.29 is 18.0 Å². The van der Waals surface area contributed by atoms with E-state index < -0.39 is 0 Å². The SMILES string of the molecule is CN(CC(=O)N1N=C(c2ccco2)C[C@H]1c1ccco1)c1ccc(F)cc1. The first kappa shape index (κ1) is 17.1. The van der Waals surface area contributed by atoms with Crippen LogP contribution >= 0.6 is 0 Å². The summed E-state index contributed by atoms with van der Waals surface area (Å²) in [6, 6.07) is 12.9. The first-order valence-electron chi connectivity index (χ1n) is 8.55. The number of carbonyl (C=O) groups is 1.